The van der Waals surface area contributed by atoms with Crippen molar-refractivity contribution in [2.45, 2.75) is 26.8 Å². The van der Waals surface area contributed by atoms with Gasteiger partial charge in [-0.25, -0.2) is 13.2 Å². The molecule has 0 amide bonds. The van der Waals surface area contributed by atoms with E-state index in [4.69, 9.17) is 0 Å². The van der Waals surface area contributed by atoms with Crippen LogP contribution in [-0.4, -0.2) is 6.54 Å². The summed E-state index contributed by atoms with van der Waals surface area (Å²) >= 11 is 0. The highest BCUT2D eigenvalue weighted by molar-refractivity contribution is 5.26. The summed E-state index contributed by atoms with van der Waals surface area (Å²) in [6, 6.07) is 1.73. The van der Waals surface area contributed by atoms with E-state index in [0.29, 0.717) is 12.1 Å². The fraction of sp³-hybridized carbons (Fsp3) is 0.385. The standard InChI is InChI=1S/C13H16F3N/c1-4-17-12(5-8(2)3)9-6-10(14)13(16)11(15)7-9/h5-7,12,17H,4H2,1-3H3. The molecule has 0 heterocycles. The summed E-state index contributed by atoms with van der Waals surface area (Å²) in [5, 5.41) is 3.07. The second-order valence-electron chi connectivity index (χ2n) is 4.08. The molecular weight excluding hydrogens is 227 g/mol. The fourth-order valence-corrected chi connectivity index (χ4v) is 1.58. The van der Waals surface area contributed by atoms with Gasteiger partial charge in [-0.15, -0.1) is 0 Å². The number of allylic oxidation sites excluding steroid dienone is 1. The van der Waals surface area contributed by atoms with Gasteiger partial charge in [0.15, 0.2) is 17.5 Å². The van der Waals surface area contributed by atoms with Crippen LogP contribution >= 0.6 is 0 Å². The van der Waals surface area contributed by atoms with Gasteiger partial charge in [0.1, 0.15) is 0 Å². The summed E-state index contributed by atoms with van der Waals surface area (Å²) < 4.78 is 39.1. The van der Waals surface area contributed by atoms with Crippen LogP contribution in [-0.2, 0) is 0 Å². The van der Waals surface area contributed by atoms with E-state index in [0.717, 1.165) is 17.7 Å². The predicted octanol–water partition coefficient (Wildman–Crippen LogP) is 3.72. The predicted molar refractivity (Wildman–Crippen MR) is 62.2 cm³/mol. The van der Waals surface area contributed by atoms with Crippen LogP contribution in [0.3, 0.4) is 0 Å². The molecule has 0 spiro atoms. The maximum absolute atomic E-state index is 13.1. The van der Waals surface area contributed by atoms with Crippen molar-refractivity contribution in [3.63, 3.8) is 0 Å². The molecule has 0 radical (unpaired) electrons. The van der Waals surface area contributed by atoms with Gasteiger partial charge < -0.3 is 5.32 Å². The monoisotopic (exact) mass is 243 g/mol. The van der Waals surface area contributed by atoms with Gasteiger partial charge in [0, 0.05) is 0 Å². The molecule has 1 unspecified atom stereocenters. The van der Waals surface area contributed by atoms with Gasteiger partial charge in [-0.3, -0.25) is 0 Å². The molecule has 17 heavy (non-hydrogen) atoms. The Kier molecular flexibility index (Phi) is 4.75. The number of nitrogens with one attached hydrogen (secondary N) is 1. The summed E-state index contributed by atoms with van der Waals surface area (Å²) in [4.78, 5) is 0. The SMILES string of the molecule is CCNC(C=C(C)C)c1cc(F)c(F)c(F)c1. The first-order valence-corrected chi connectivity index (χ1v) is 5.48. The van der Waals surface area contributed by atoms with Crippen LogP contribution in [0.1, 0.15) is 32.4 Å². The lowest BCUT2D eigenvalue weighted by molar-refractivity contribution is 0.443. The number of likely N-dealkylation sites (N-methyl/N-ethyl adjacent to an activating group) is 1. The quantitative estimate of drug-likeness (QED) is 0.627. The van der Waals surface area contributed by atoms with Gasteiger partial charge in [-0.1, -0.05) is 18.6 Å². The van der Waals surface area contributed by atoms with Crippen molar-refractivity contribution < 1.29 is 13.2 Å². The maximum Gasteiger partial charge on any atom is 0.194 e. The molecule has 0 aliphatic heterocycles. The molecule has 1 atom stereocenters. The number of hydrogen-bond acceptors (Lipinski definition) is 1. The molecule has 1 rings (SSSR count). The van der Waals surface area contributed by atoms with Crippen LogP contribution in [0.5, 0.6) is 0 Å². The first-order chi connectivity index (χ1) is 7.95. The third-order valence-corrected chi connectivity index (χ3v) is 2.29. The summed E-state index contributed by atoms with van der Waals surface area (Å²) in [6.07, 6.45) is 1.84. The minimum absolute atomic E-state index is 0.311. The van der Waals surface area contributed by atoms with Gasteiger partial charge in [0.2, 0.25) is 0 Å². The molecule has 0 saturated heterocycles. The lowest BCUT2D eigenvalue weighted by atomic mass is 10.0. The zero-order chi connectivity index (χ0) is 13.0. The van der Waals surface area contributed by atoms with E-state index in [1.165, 1.54) is 0 Å². The van der Waals surface area contributed by atoms with Crippen LogP contribution < -0.4 is 5.32 Å². The molecule has 0 aliphatic rings. The molecule has 1 N–H and O–H groups in total. The Bertz CT molecular complexity index is 400. The third-order valence-electron chi connectivity index (χ3n) is 2.29. The average Bonchev–Trinajstić information content (AvgIpc) is 2.24. The topological polar surface area (TPSA) is 12.0 Å². The Labute approximate surface area is 99.3 Å². The van der Waals surface area contributed by atoms with Crippen LogP contribution in [0, 0.1) is 17.5 Å². The molecule has 0 bridgehead atoms. The second-order valence-corrected chi connectivity index (χ2v) is 4.08. The van der Waals surface area contributed by atoms with E-state index in [2.05, 4.69) is 5.32 Å². The summed E-state index contributed by atoms with van der Waals surface area (Å²) in [7, 11) is 0. The summed E-state index contributed by atoms with van der Waals surface area (Å²) in [6.45, 7) is 6.32. The molecule has 4 heteroatoms. The van der Waals surface area contributed by atoms with Crippen molar-refractivity contribution in [1.82, 2.24) is 5.32 Å². The van der Waals surface area contributed by atoms with E-state index in [-0.39, 0.29) is 6.04 Å². The third kappa shape index (κ3) is 3.60. The zero-order valence-corrected chi connectivity index (χ0v) is 10.2. The van der Waals surface area contributed by atoms with Crippen molar-refractivity contribution in [3.8, 4) is 0 Å². The van der Waals surface area contributed by atoms with Gasteiger partial charge in [0.25, 0.3) is 0 Å². The molecule has 1 aromatic rings. The van der Waals surface area contributed by atoms with Crippen LogP contribution in [0.15, 0.2) is 23.8 Å². The van der Waals surface area contributed by atoms with Crippen molar-refractivity contribution in [3.05, 3.63) is 46.8 Å². The first kappa shape index (κ1) is 13.8. The Morgan fingerprint density at radius 1 is 1.24 bits per heavy atom. The Balaban J connectivity index is 3.15. The van der Waals surface area contributed by atoms with Crippen LogP contribution in [0.25, 0.3) is 0 Å². The van der Waals surface area contributed by atoms with E-state index >= 15 is 0 Å². The fourth-order valence-electron chi connectivity index (χ4n) is 1.58. The molecule has 0 saturated carbocycles. The average molecular weight is 243 g/mol. The van der Waals surface area contributed by atoms with Gasteiger partial charge >= 0.3 is 0 Å². The van der Waals surface area contributed by atoms with E-state index < -0.39 is 17.5 Å². The maximum atomic E-state index is 13.1. The van der Waals surface area contributed by atoms with Crippen molar-refractivity contribution in [2.24, 2.45) is 0 Å². The first-order valence-electron chi connectivity index (χ1n) is 5.48. The summed E-state index contributed by atoms with van der Waals surface area (Å²) in [5.74, 6) is -3.75. The summed E-state index contributed by atoms with van der Waals surface area (Å²) in [5.41, 5.74) is 1.39. The highest BCUT2D eigenvalue weighted by Crippen LogP contribution is 2.21. The number of halogens is 3. The minimum Gasteiger partial charge on any atom is -0.307 e. The molecule has 0 aliphatic carbocycles. The molecular formula is C13H16F3N. The number of hydrogen-bond donors (Lipinski definition) is 1. The smallest absolute Gasteiger partial charge is 0.194 e. The second kappa shape index (κ2) is 5.87. The molecule has 0 aromatic heterocycles. The Morgan fingerprint density at radius 3 is 2.18 bits per heavy atom. The Morgan fingerprint density at radius 2 is 1.76 bits per heavy atom. The van der Waals surface area contributed by atoms with Crippen molar-refractivity contribution in [1.29, 1.82) is 0 Å². The molecule has 0 fully saturated rings. The molecule has 1 aromatic carbocycles. The number of benzene rings is 1. The minimum atomic E-state index is -1.43. The lowest BCUT2D eigenvalue weighted by Gasteiger charge is -2.15. The van der Waals surface area contributed by atoms with Crippen molar-refractivity contribution >= 4 is 0 Å². The van der Waals surface area contributed by atoms with Crippen molar-refractivity contribution in [2.75, 3.05) is 6.54 Å². The molecule has 1 nitrogen and oxygen atoms in total. The molecule has 94 valence electrons. The van der Waals surface area contributed by atoms with Crippen LogP contribution in [0.2, 0.25) is 0 Å². The van der Waals surface area contributed by atoms with E-state index in [1.807, 2.05) is 26.8 Å². The van der Waals surface area contributed by atoms with Gasteiger partial charge in [0.05, 0.1) is 6.04 Å². The van der Waals surface area contributed by atoms with Gasteiger partial charge in [-0.05, 0) is 38.1 Å². The van der Waals surface area contributed by atoms with Gasteiger partial charge in [-0.2, -0.15) is 0 Å². The lowest BCUT2D eigenvalue weighted by Crippen LogP contribution is -2.19. The van der Waals surface area contributed by atoms with E-state index in [9.17, 15) is 13.2 Å². The highest BCUT2D eigenvalue weighted by atomic mass is 19.2. The number of rotatable bonds is 4. The zero-order valence-electron chi connectivity index (χ0n) is 10.2. The highest BCUT2D eigenvalue weighted by Gasteiger charge is 2.15. The van der Waals surface area contributed by atoms with Crippen LogP contribution in [0.4, 0.5) is 13.2 Å². The largest absolute Gasteiger partial charge is 0.307 e. The Hall–Kier alpha value is -1.29. The van der Waals surface area contributed by atoms with E-state index in [1.54, 1.807) is 0 Å². The normalized spacial score (nSPS) is 12.4.